The number of rotatable bonds is 3. The summed E-state index contributed by atoms with van der Waals surface area (Å²) in [4.78, 5) is 25.5. The fourth-order valence-electron chi connectivity index (χ4n) is 2.90. The maximum absolute atomic E-state index is 13.7. The highest BCUT2D eigenvalue weighted by Gasteiger charge is 2.53. The number of esters is 1. The van der Waals surface area contributed by atoms with Crippen molar-refractivity contribution in [3.63, 3.8) is 0 Å². The van der Waals surface area contributed by atoms with Crippen LogP contribution in [0.4, 0.5) is 4.39 Å². The smallest absolute Gasteiger partial charge is 0.330 e. The van der Waals surface area contributed by atoms with Crippen LogP contribution in [0.5, 0.6) is 0 Å². The van der Waals surface area contributed by atoms with E-state index in [1.165, 1.54) is 12.1 Å². The van der Waals surface area contributed by atoms with Crippen molar-refractivity contribution in [1.82, 2.24) is 4.90 Å². The summed E-state index contributed by atoms with van der Waals surface area (Å²) >= 11 is 7.49. The number of nitrogens with zero attached hydrogens (tertiary/aromatic N) is 1. The molecule has 0 spiro atoms. The zero-order chi connectivity index (χ0) is 15.9. The van der Waals surface area contributed by atoms with E-state index in [0.717, 1.165) is 6.42 Å². The minimum absolute atomic E-state index is 0.0293. The average Bonchev–Trinajstić information content (AvgIpc) is 2.95. The predicted molar refractivity (Wildman–Crippen MR) is 81.9 cm³/mol. The molecule has 0 N–H and O–H groups in total. The molecule has 0 bridgehead atoms. The molecule has 2 aliphatic rings. The Kier molecular flexibility index (Phi) is 4.07. The molecule has 2 heterocycles. The highest BCUT2D eigenvalue weighted by Crippen LogP contribution is 2.47. The van der Waals surface area contributed by atoms with Gasteiger partial charge in [-0.25, -0.2) is 9.18 Å². The number of halogens is 2. The third kappa shape index (κ3) is 2.58. The molecule has 0 saturated carbocycles. The van der Waals surface area contributed by atoms with E-state index < -0.39 is 17.8 Å². The number of amides is 1. The van der Waals surface area contributed by atoms with Crippen LogP contribution in [0, 0.1) is 5.82 Å². The van der Waals surface area contributed by atoms with Gasteiger partial charge in [0.15, 0.2) is 0 Å². The lowest BCUT2D eigenvalue weighted by Gasteiger charge is -2.29. The molecule has 0 unspecified atom stereocenters. The second-order valence-electron chi connectivity index (χ2n) is 5.57. The summed E-state index contributed by atoms with van der Waals surface area (Å²) in [5, 5.41) is 0.218. The molecular formula is C15H15ClFNO3S. The van der Waals surface area contributed by atoms with Crippen molar-refractivity contribution in [2.24, 2.45) is 0 Å². The number of ether oxygens (including phenoxy) is 1. The van der Waals surface area contributed by atoms with Crippen molar-refractivity contribution in [1.29, 1.82) is 0 Å². The van der Waals surface area contributed by atoms with Gasteiger partial charge in [-0.2, -0.15) is 0 Å². The third-order valence-corrected chi connectivity index (χ3v) is 6.00. The number of hydrogen-bond acceptors (Lipinski definition) is 4. The predicted octanol–water partition coefficient (Wildman–Crippen LogP) is 2.98. The molecule has 1 aromatic rings. The maximum Gasteiger partial charge on any atom is 0.330 e. The lowest BCUT2D eigenvalue weighted by molar-refractivity contribution is -0.154. The van der Waals surface area contributed by atoms with E-state index in [9.17, 15) is 14.0 Å². The molecule has 4 nitrogen and oxygen atoms in total. The van der Waals surface area contributed by atoms with Crippen LogP contribution in [-0.2, 0) is 20.9 Å². The molecule has 22 heavy (non-hydrogen) atoms. The van der Waals surface area contributed by atoms with Crippen LogP contribution in [0.25, 0.3) is 0 Å². The topological polar surface area (TPSA) is 46.6 Å². The zero-order valence-electron chi connectivity index (χ0n) is 12.0. The number of carbonyl (C=O) groups excluding carboxylic acids is 2. The van der Waals surface area contributed by atoms with Crippen LogP contribution in [-0.4, -0.2) is 33.4 Å². The molecule has 1 amide bonds. The van der Waals surface area contributed by atoms with E-state index in [0.29, 0.717) is 12.2 Å². The second kappa shape index (κ2) is 5.74. The fourth-order valence-corrected chi connectivity index (χ4v) is 4.54. The van der Waals surface area contributed by atoms with E-state index in [2.05, 4.69) is 0 Å². The van der Waals surface area contributed by atoms with Crippen LogP contribution in [0.15, 0.2) is 18.2 Å². The van der Waals surface area contributed by atoms with E-state index in [1.54, 1.807) is 22.7 Å². The van der Waals surface area contributed by atoms with Crippen molar-refractivity contribution >= 4 is 35.2 Å². The van der Waals surface area contributed by atoms with E-state index in [4.69, 9.17) is 16.3 Å². The van der Waals surface area contributed by atoms with Gasteiger partial charge in [-0.3, -0.25) is 4.79 Å². The highest BCUT2D eigenvalue weighted by atomic mass is 35.5. The van der Waals surface area contributed by atoms with Crippen LogP contribution >= 0.6 is 23.4 Å². The first-order valence-electron chi connectivity index (χ1n) is 6.98. The third-order valence-electron chi connectivity index (χ3n) is 4.14. The largest absolute Gasteiger partial charge is 0.459 e. The summed E-state index contributed by atoms with van der Waals surface area (Å²) in [6.07, 6.45) is 1.19. The molecule has 2 fully saturated rings. The lowest BCUT2D eigenvalue weighted by Crippen LogP contribution is -2.46. The highest BCUT2D eigenvalue weighted by molar-refractivity contribution is 8.01. The first kappa shape index (κ1) is 15.6. The molecular weight excluding hydrogens is 329 g/mol. The maximum atomic E-state index is 13.7. The van der Waals surface area contributed by atoms with Crippen LogP contribution < -0.4 is 0 Å². The number of fused-ring (bicyclic) bond motifs is 1. The van der Waals surface area contributed by atoms with Gasteiger partial charge in [-0.15, -0.1) is 11.8 Å². The summed E-state index contributed by atoms with van der Waals surface area (Å²) in [7, 11) is 0. The molecule has 3 rings (SSSR count). The van der Waals surface area contributed by atoms with Gasteiger partial charge in [0.2, 0.25) is 5.91 Å². The van der Waals surface area contributed by atoms with Crippen molar-refractivity contribution in [3.05, 3.63) is 34.6 Å². The molecule has 7 heteroatoms. The first-order chi connectivity index (χ1) is 10.4. The van der Waals surface area contributed by atoms with Crippen LogP contribution in [0.1, 0.15) is 25.3 Å². The minimum atomic E-state index is -0.601. The van der Waals surface area contributed by atoms with Crippen molar-refractivity contribution in [2.75, 3.05) is 5.75 Å². The molecule has 2 aliphatic heterocycles. The Morgan fingerprint density at radius 3 is 3.09 bits per heavy atom. The summed E-state index contributed by atoms with van der Waals surface area (Å²) < 4.78 is 18.9. The summed E-state index contributed by atoms with van der Waals surface area (Å²) in [5.74, 6) is -0.543. The van der Waals surface area contributed by atoms with Crippen LogP contribution in [0.3, 0.4) is 0 Å². The number of hydrogen-bond donors (Lipinski definition) is 0. The average molecular weight is 344 g/mol. The summed E-state index contributed by atoms with van der Waals surface area (Å²) in [5.41, 5.74) is 0.152. The normalized spacial score (nSPS) is 27.1. The molecule has 1 aromatic carbocycles. The Labute approximate surface area is 136 Å². The summed E-state index contributed by atoms with van der Waals surface area (Å²) in [6, 6.07) is 3.70. The van der Waals surface area contributed by atoms with Crippen molar-refractivity contribution < 1.29 is 18.7 Å². The monoisotopic (exact) mass is 343 g/mol. The zero-order valence-corrected chi connectivity index (χ0v) is 13.5. The molecule has 2 saturated heterocycles. The van der Waals surface area contributed by atoms with Gasteiger partial charge in [-0.05, 0) is 25.5 Å². The van der Waals surface area contributed by atoms with Gasteiger partial charge in [0.1, 0.15) is 18.5 Å². The van der Waals surface area contributed by atoms with Gasteiger partial charge in [0, 0.05) is 17.7 Å². The minimum Gasteiger partial charge on any atom is -0.459 e. The van der Waals surface area contributed by atoms with Gasteiger partial charge in [0.05, 0.1) is 9.89 Å². The fraction of sp³-hybridized carbons (Fsp3) is 0.467. The Hall–Kier alpha value is -1.27. The lowest BCUT2D eigenvalue weighted by atomic mass is 10.2. The Morgan fingerprint density at radius 1 is 1.59 bits per heavy atom. The second-order valence-corrected chi connectivity index (χ2v) is 7.48. The van der Waals surface area contributed by atoms with Crippen LogP contribution in [0.2, 0.25) is 5.02 Å². The quantitative estimate of drug-likeness (QED) is 0.792. The SMILES string of the molecule is C[C@@]12CCC(=O)N1[C@H](C(=O)OCc1c(F)cccc1Cl)CS2. The van der Waals surface area contributed by atoms with Crippen molar-refractivity contribution in [3.8, 4) is 0 Å². The van der Waals surface area contributed by atoms with E-state index in [-0.39, 0.29) is 28.0 Å². The Morgan fingerprint density at radius 2 is 2.36 bits per heavy atom. The number of benzene rings is 1. The molecule has 0 aromatic heterocycles. The molecule has 0 aliphatic carbocycles. The van der Waals surface area contributed by atoms with Gasteiger partial charge < -0.3 is 9.64 Å². The van der Waals surface area contributed by atoms with E-state index in [1.807, 2.05) is 6.92 Å². The van der Waals surface area contributed by atoms with Gasteiger partial charge in [-0.1, -0.05) is 17.7 Å². The standard InChI is InChI=1S/C15H15ClFNO3S/c1-15-6-5-13(19)18(15)12(8-22-15)14(20)21-7-9-10(16)3-2-4-11(9)17/h2-4,12H,5-8H2,1H3/t12-,15+/m0/s1. The first-order valence-corrected chi connectivity index (χ1v) is 8.34. The van der Waals surface area contributed by atoms with Gasteiger partial charge >= 0.3 is 5.97 Å². The molecule has 2 atom stereocenters. The van der Waals surface area contributed by atoms with Gasteiger partial charge in [0.25, 0.3) is 0 Å². The Balaban J connectivity index is 1.69. The Bertz CT molecular complexity index is 621. The molecule has 0 radical (unpaired) electrons. The molecule has 118 valence electrons. The number of carbonyl (C=O) groups is 2. The van der Waals surface area contributed by atoms with Crippen molar-refractivity contribution in [2.45, 2.75) is 37.3 Å². The van der Waals surface area contributed by atoms with E-state index >= 15 is 0 Å². The number of thioether (sulfide) groups is 1. The summed E-state index contributed by atoms with van der Waals surface area (Å²) in [6.45, 7) is 1.73.